The third-order valence-corrected chi connectivity index (χ3v) is 4.70. The van der Waals surface area contributed by atoms with Crippen LogP contribution in [0.4, 0.5) is 0 Å². The lowest BCUT2D eigenvalue weighted by Crippen LogP contribution is -2.31. The van der Waals surface area contributed by atoms with Crippen molar-refractivity contribution in [3.8, 4) is 0 Å². The predicted molar refractivity (Wildman–Crippen MR) is 85.1 cm³/mol. The molecule has 1 saturated carbocycles. The van der Waals surface area contributed by atoms with Crippen LogP contribution in [0.15, 0.2) is 6.20 Å². The van der Waals surface area contributed by atoms with Gasteiger partial charge in [0.15, 0.2) is 0 Å². The molecule has 0 amide bonds. The molecule has 1 heterocycles. The highest BCUT2D eigenvalue weighted by molar-refractivity contribution is 6.31. The fourth-order valence-electron chi connectivity index (χ4n) is 3.36. The fraction of sp³-hybridized carbons (Fsp3) is 0.812. The maximum Gasteiger partial charge on any atom is 0.0834 e. The maximum atomic E-state index is 6.43. The highest BCUT2D eigenvalue weighted by atomic mass is 35.5. The first-order valence-electron chi connectivity index (χ1n) is 8.22. The quantitative estimate of drug-likeness (QED) is 0.780. The van der Waals surface area contributed by atoms with Crippen molar-refractivity contribution >= 4 is 11.6 Å². The van der Waals surface area contributed by atoms with E-state index in [1.165, 1.54) is 44.2 Å². The predicted octanol–water partition coefficient (Wildman–Crippen LogP) is 4.57. The standard InChI is InChI=1S/C16H28ClN3/c1-3-11-18-15(13-9-7-5-6-8-10-13)16-14(17)12-19-20(16)4-2/h12-13,15,18H,3-11H2,1-2H3. The van der Waals surface area contributed by atoms with Crippen LogP contribution in [0.25, 0.3) is 0 Å². The third-order valence-electron chi connectivity index (χ3n) is 4.41. The lowest BCUT2D eigenvalue weighted by atomic mass is 9.89. The highest BCUT2D eigenvalue weighted by Crippen LogP contribution is 2.36. The second-order valence-electron chi connectivity index (χ2n) is 5.88. The van der Waals surface area contributed by atoms with Crippen molar-refractivity contribution in [3.63, 3.8) is 0 Å². The number of nitrogens with one attached hydrogen (secondary N) is 1. The van der Waals surface area contributed by atoms with E-state index in [1.54, 1.807) is 6.20 Å². The first-order chi connectivity index (χ1) is 9.77. The van der Waals surface area contributed by atoms with Gasteiger partial charge in [0.1, 0.15) is 0 Å². The molecular weight excluding hydrogens is 270 g/mol. The number of halogens is 1. The summed E-state index contributed by atoms with van der Waals surface area (Å²) in [4.78, 5) is 0. The van der Waals surface area contributed by atoms with Crippen molar-refractivity contribution in [3.05, 3.63) is 16.9 Å². The molecule has 1 aliphatic carbocycles. The molecule has 0 saturated heterocycles. The summed E-state index contributed by atoms with van der Waals surface area (Å²) in [5, 5.41) is 8.99. The Morgan fingerprint density at radius 2 is 2.00 bits per heavy atom. The summed E-state index contributed by atoms with van der Waals surface area (Å²) in [7, 11) is 0. The van der Waals surface area contributed by atoms with E-state index in [2.05, 4.69) is 28.9 Å². The number of rotatable bonds is 6. The second-order valence-corrected chi connectivity index (χ2v) is 6.28. The van der Waals surface area contributed by atoms with Crippen LogP contribution in [-0.4, -0.2) is 16.3 Å². The van der Waals surface area contributed by atoms with Gasteiger partial charge in [-0.3, -0.25) is 4.68 Å². The molecule has 20 heavy (non-hydrogen) atoms. The van der Waals surface area contributed by atoms with Crippen molar-refractivity contribution in [2.75, 3.05) is 6.54 Å². The Balaban J connectivity index is 2.23. The zero-order chi connectivity index (χ0) is 14.4. The molecule has 1 aromatic heterocycles. The van der Waals surface area contributed by atoms with Crippen molar-refractivity contribution < 1.29 is 0 Å². The first-order valence-corrected chi connectivity index (χ1v) is 8.60. The molecule has 0 bridgehead atoms. The van der Waals surface area contributed by atoms with E-state index in [-0.39, 0.29) is 0 Å². The van der Waals surface area contributed by atoms with Crippen molar-refractivity contribution in [1.82, 2.24) is 15.1 Å². The van der Waals surface area contributed by atoms with E-state index in [9.17, 15) is 0 Å². The summed E-state index contributed by atoms with van der Waals surface area (Å²) >= 11 is 6.43. The second kappa shape index (κ2) is 8.04. The Morgan fingerprint density at radius 1 is 1.30 bits per heavy atom. The summed E-state index contributed by atoms with van der Waals surface area (Å²) in [6.07, 6.45) is 11.1. The molecule has 1 aromatic rings. The lowest BCUT2D eigenvalue weighted by Gasteiger charge is -2.28. The van der Waals surface area contributed by atoms with Gasteiger partial charge in [-0.15, -0.1) is 0 Å². The minimum atomic E-state index is 0.364. The Bertz CT molecular complexity index is 394. The number of aryl methyl sites for hydroxylation is 1. The van der Waals surface area contributed by atoms with Crippen LogP contribution in [0.5, 0.6) is 0 Å². The van der Waals surface area contributed by atoms with Crippen LogP contribution >= 0.6 is 11.6 Å². The van der Waals surface area contributed by atoms with Gasteiger partial charge >= 0.3 is 0 Å². The van der Waals surface area contributed by atoms with Gasteiger partial charge in [0.25, 0.3) is 0 Å². The van der Waals surface area contributed by atoms with Crippen molar-refractivity contribution in [2.24, 2.45) is 5.92 Å². The summed E-state index contributed by atoms with van der Waals surface area (Å²) in [5.74, 6) is 0.698. The van der Waals surface area contributed by atoms with Crippen LogP contribution in [0, 0.1) is 5.92 Å². The minimum Gasteiger partial charge on any atom is -0.308 e. The van der Waals surface area contributed by atoms with Gasteiger partial charge in [-0.2, -0.15) is 5.10 Å². The summed E-state index contributed by atoms with van der Waals surface area (Å²) in [6, 6.07) is 0.364. The van der Waals surface area contributed by atoms with Gasteiger partial charge in [-0.25, -0.2) is 0 Å². The van der Waals surface area contributed by atoms with E-state index in [0.29, 0.717) is 12.0 Å². The van der Waals surface area contributed by atoms with Crippen molar-refractivity contribution in [1.29, 1.82) is 0 Å². The van der Waals surface area contributed by atoms with Gasteiger partial charge < -0.3 is 5.32 Å². The van der Waals surface area contributed by atoms with Crippen LogP contribution in [0.2, 0.25) is 5.02 Å². The molecule has 0 radical (unpaired) electrons. The van der Waals surface area contributed by atoms with Gasteiger partial charge in [0, 0.05) is 6.54 Å². The van der Waals surface area contributed by atoms with E-state index in [4.69, 9.17) is 11.6 Å². The number of hydrogen-bond donors (Lipinski definition) is 1. The highest BCUT2D eigenvalue weighted by Gasteiger charge is 2.28. The lowest BCUT2D eigenvalue weighted by molar-refractivity contribution is 0.310. The molecule has 3 nitrogen and oxygen atoms in total. The van der Waals surface area contributed by atoms with Gasteiger partial charge in [0.05, 0.1) is 23.0 Å². The van der Waals surface area contributed by atoms with Crippen LogP contribution in [-0.2, 0) is 6.54 Å². The Hall–Kier alpha value is -0.540. The zero-order valence-corrected chi connectivity index (χ0v) is 13.6. The summed E-state index contributed by atoms with van der Waals surface area (Å²) in [6.45, 7) is 6.29. The molecular formula is C16H28ClN3. The number of nitrogens with zero attached hydrogens (tertiary/aromatic N) is 2. The van der Waals surface area contributed by atoms with E-state index in [1.807, 2.05) is 0 Å². The monoisotopic (exact) mass is 297 g/mol. The normalized spacial score (nSPS) is 18.9. The van der Waals surface area contributed by atoms with Gasteiger partial charge in [-0.05, 0) is 38.6 Å². The molecule has 114 valence electrons. The molecule has 1 fully saturated rings. The van der Waals surface area contributed by atoms with Gasteiger partial charge in [0.2, 0.25) is 0 Å². The molecule has 1 unspecified atom stereocenters. The molecule has 1 N–H and O–H groups in total. The summed E-state index contributed by atoms with van der Waals surface area (Å²) in [5.41, 5.74) is 1.20. The SMILES string of the molecule is CCCNC(c1c(Cl)cnn1CC)C1CCCCCC1. The molecule has 0 aliphatic heterocycles. The minimum absolute atomic E-state index is 0.364. The fourth-order valence-corrected chi connectivity index (χ4v) is 3.62. The van der Waals surface area contributed by atoms with E-state index >= 15 is 0 Å². The van der Waals surface area contributed by atoms with E-state index < -0.39 is 0 Å². The average Bonchev–Trinajstić information content (AvgIpc) is 2.68. The Kier molecular flexibility index (Phi) is 6.37. The molecule has 4 heteroatoms. The summed E-state index contributed by atoms with van der Waals surface area (Å²) < 4.78 is 2.07. The molecule has 2 rings (SSSR count). The molecule has 1 atom stereocenters. The van der Waals surface area contributed by atoms with Crippen LogP contribution in [0.3, 0.4) is 0 Å². The largest absolute Gasteiger partial charge is 0.308 e. The van der Waals surface area contributed by atoms with Crippen LogP contribution in [0.1, 0.15) is 70.5 Å². The first kappa shape index (κ1) is 15.8. The average molecular weight is 298 g/mol. The van der Waals surface area contributed by atoms with E-state index in [0.717, 1.165) is 24.5 Å². The molecule has 1 aliphatic rings. The maximum absolute atomic E-state index is 6.43. The zero-order valence-electron chi connectivity index (χ0n) is 12.9. The number of aromatic nitrogens is 2. The Morgan fingerprint density at radius 3 is 2.60 bits per heavy atom. The third kappa shape index (κ3) is 3.76. The Labute approximate surface area is 128 Å². The number of hydrogen-bond acceptors (Lipinski definition) is 2. The molecule has 0 aromatic carbocycles. The smallest absolute Gasteiger partial charge is 0.0834 e. The van der Waals surface area contributed by atoms with Crippen LogP contribution < -0.4 is 5.32 Å². The molecule has 0 spiro atoms. The van der Waals surface area contributed by atoms with Gasteiger partial charge in [-0.1, -0.05) is 44.2 Å². The topological polar surface area (TPSA) is 29.9 Å². The van der Waals surface area contributed by atoms with Crippen molar-refractivity contribution in [2.45, 2.75) is 71.4 Å².